The first kappa shape index (κ1) is 22.9. The van der Waals surface area contributed by atoms with Crippen molar-refractivity contribution < 1.29 is 5.11 Å². The van der Waals surface area contributed by atoms with Crippen LogP contribution in [0.2, 0.25) is 24.7 Å². The summed E-state index contributed by atoms with van der Waals surface area (Å²) in [6.45, 7) is 7.60. The van der Waals surface area contributed by atoms with Crippen LogP contribution in [0.15, 0.2) is 72.8 Å². The Morgan fingerprint density at radius 3 is 1.59 bits per heavy atom. The lowest BCUT2D eigenvalue weighted by Gasteiger charge is -2.38. The minimum absolute atomic E-state index is 0.307. The molecule has 0 saturated heterocycles. The van der Waals surface area contributed by atoms with E-state index in [-0.39, 0.29) is 0 Å². The lowest BCUT2D eigenvalue weighted by atomic mass is 9.83. The summed E-state index contributed by atoms with van der Waals surface area (Å²) in [5.74, 6) is 1.05. The van der Waals surface area contributed by atoms with Crippen molar-refractivity contribution in [1.82, 2.24) is 0 Å². The van der Waals surface area contributed by atoms with Crippen LogP contribution in [0, 0.1) is 0 Å². The minimum Gasteiger partial charge on any atom is -0.508 e. The smallest absolute Gasteiger partial charge is 0.115 e. The van der Waals surface area contributed by atoms with Crippen LogP contribution in [0.3, 0.4) is 0 Å². The molecule has 1 N–H and O–H groups in total. The quantitative estimate of drug-likeness (QED) is 0.361. The highest BCUT2D eigenvalue weighted by molar-refractivity contribution is 6.78. The molecule has 168 valence electrons. The van der Waals surface area contributed by atoms with Crippen LogP contribution >= 0.6 is 0 Å². The monoisotopic (exact) mass is 442 g/mol. The molecule has 0 heterocycles. The summed E-state index contributed by atoms with van der Waals surface area (Å²) in [7, 11) is -1.05. The maximum Gasteiger partial charge on any atom is 0.115 e. The van der Waals surface area contributed by atoms with Crippen molar-refractivity contribution in [2.24, 2.45) is 0 Å². The van der Waals surface area contributed by atoms with Crippen molar-refractivity contribution >= 4 is 8.07 Å². The standard InChI is InChI=1S/C30H38OSi/c1-4-5-22-32(2,3)30-20-16-28(17-21-30)26-12-8-24(9-13-26)23-6-10-25(11-7-23)27-14-18-29(31)19-15-27/h6-15,18-19,28,30-31H,4-5,16-17,20-22H2,1-3H3. The first-order valence-corrected chi connectivity index (χ1v) is 15.7. The topological polar surface area (TPSA) is 20.2 Å². The van der Waals surface area contributed by atoms with Crippen molar-refractivity contribution in [1.29, 1.82) is 0 Å². The molecule has 4 rings (SSSR count). The summed E-state index contributed by atoms with van der Waals surface area (Å²) in [6.07, 6.45) is 8.39. The van der Waals surface area contributed by atoms with Gasteiger partial charge >= 0.3 is 0 Å². The lowest BCUT2D eigenvalue weighted by molar-refractivity contribution is 0.433. The van der Waals surface area contributed by atoms with Gasteiger partial charge in [-0.3, -0.25) is 0 Å². The van der Waals surface area contributed by atoms with Gasteiger partial charge in [0, 0.05) is 0 Å². The Morgan fingerprint density at radius 1 is 0.688 bits per heavy atom. The molecule has 0 amide bonds. The largest absolute Gasteiger partial charge is 0.508 e. The summed E-state index contributed by atoms with van der Waals surface area (Å²) >= 11 is 0. The van der Waals surface area contributed by atoms with Crippen molar-refractivity contribution in [2.45, 2.75) is 76.0 Å². The third kappa shape index (κ3) is 5.35. The summed E-state index contributed by atoms with van der Waals surface area (Å²) in [4.78, 5) is 0. The fourth-order valence-corrected chi connectivity index (χ4v) is 9.07. The third-order valence-corrected chi connectivity index (χ3v) is 12.2. The maximum absolute atomic E-state index is 9.49. The zero-order valence-corrected chi connectivity index (χ0v) is 21.0. The molecular formula is C30H38OSi. The van der Waals surface area contributed by atoms with Crippen LogP contribution in [-0.4, -0.2) is 13.2 Å². The van der Waals surface area contributed by atoms with E-state index in [9.17, 15) is 5.11 Å². The second-order valence-electron chi connectivity index (χ2n) is 10.4. The van der Waals surface area contributed by atoms with E-state index in [1.54, 1.807) is 12.1 Å². The van der Waals surface area contributed by atoms with Gasteiger partial charge in [0.15, 0.2) is 0 Å². The first-order valence-electron chi connectivity index (χ1n) is 12.5. The van der Waals surface area contributed by atoms with E-state index in [4.69, 9.17) is 0 Å². The molecule has 0 aromatic heterocycles. The Morgan fingerprint density at radius 2 is 1.12 bits per heavy atom. The number of hydrogen-bond donors (Lipinski definition) is 1. The van der Waals surface area contributed by atoms with E-state index >= 15 is 0 Å². The minimum atomic E-state index is -1.05. The van der Waals surface area contributed by atoms with E-state index in [1.165, 1.54) is 66.8 Å². The second kappa shape index (κ2) is 10.1. The van der Waals surface area contributed by atoms with Gasteiger partial charge in [-0.05, 0) is 64.3 Å². The fourth-order valence-electron chi connectivity index (χ4n) is 5.50. The molecule has 0 bridgehead atoms. The van der Waals surface area contributed by atoms with Gasteiger partial charge in [-0.1, -0.05) is 112 Å². The van der Waals surface area contributed by atoms with Gasteiger partial charge in [0.05, 0.1) is 8.07 Å². The number of phenolic OH excluding ortho intramolecular Hbond substituents is 1. The highest BCUT2D eigenvalue weighted by Gasteiger charge is 2.34. The van der Waals surface area contributed by atoms with E-state index in [1.807, 2.05) is 12.1 Å². The molecular weight excluding hydrogens is 404 g/mol. The Bertz CT molecular complexity index is 979. The molecule has 2 heteroatoms. The van der Waals surface area contributed by atoms with E-state index in [2.05, 4.69) is 68.5 Å². The van der Waals surface area contributed by atoms with Gasteiger partial charge < -0.3 is 5.11 Å². The first-order chi connectivity index (χ1) is 15.5. The molecule has 1 nitrogen and oxygen atoms in total. The van der Waals surface area contributed by atoms with Gasteiger partial charge in [-0.2, -0.15) is 0 Å². The predicted octanol–water partition coefficient (Wildman–Crippen LogP) is 9.26. The fraction of sp³-hybridized carbons (Fsp3) is 0.400. The summed E-state index contributed by atoms with van der Waals surface area (Å²) in [6, 6.07) is 27.0. The molecule has 0 unspecified atom stereocenters. The van der Waals surface area contributed by atoms with Crippen molar-refractivity contribution in [3.63, 3.8) is 0 Å². The number of rotatable bonds is 7. The third-order valence-electron chi connectivity index (χ3n) is 7.81. The van der Waals surface area contributed by atoms with Crippen LogP contribution in [0.25, 0.3) is 22.3 Å². The lowest BCUT2D eigenvalue weighted by Crippen LogP contribution is -2.34. The zero-order chi connectivity index (χ0) is 22.6. The number of benzene rings is 3. The predicted molar refractivity (Wildman–Crippen MR) is 141 cm³/mol. The van der Waals surface area contributed by atoms with Gasteiger partial charge in [-0.15, -0.1) is 0 Å². The average Bonchev–Trinajstić information content (AvgIpc) is 2.84. The molecule has 0 spiro atoms. The number of phenols is 1. The molecule has 1 aliphatic rings. The molecule has 1 aliphatic carbocycles. The summed E-state index contributed by atoms with van der Waals surface area (Å²) in [5, 5.41) is 9.49. The number of aromatic hydroxyl groups is 1. The van der Waals surface area contributed by atoms with Crippen LogP contribution < -0.4 is 0 Å². The van der Waals surface area contributed by atoms with E-state index < -0.39 is 8.07 Å². The van der Waals surface area contributed by atoms with Crippen molar-refractivity contribution in [2.75, 3.05) is 0 Å². The zero-order valence-electron chi connectivity index (χ0n) is 20.0. The van der Waals surface area contributed by atoms with Crippen LogP contribution in [-0.2, 0) is 0 Å². The SMILES string of the molecule is CCCC[Si](C)(C)C1CCC(c2ccc(-c3ccc(-c4ccc(O)cc4)cc3)cc2)CC1. The number of hydrogen-bond acceptors (Lipinski definition) is 1. The van der Waals surface area contributed by atoms with Gasteiger partial charge in [-0.25, -0.2) is 0 Å². The average molecular weight is 443 g/mol. The van der Waals surface area contributed by atoms with E-state index in [0.29, 0.717) is 5.75 Å². The molecule has 1 fully saturated rings. The normalized spacial score (nSPS) is 19.1. The van der Waals surface area contributed by atoms with Gasteiger partial charge in [0.1, 0.15) is 5.75 Å². The molecule has 3 aromatic carbocycles. The van der Waals surface area contributed by atoms with Crippen LogP contribution in [0.1, 0.15) is 56.9 Å². The van der Waals surface area contributed by atoms with Gasteiger partial charge in [0.25, 0.3) is 0 Å². The second-order valence-corrected chi connectivity index (χ2v) is 15.7. The molecule has 32 heavy (non-hydrogen) atoms. The highest BCUT2D eigenvalue weighted by Crippen LogP contribution is 2.45. The van der Waals surface area contributed by atoms with Gasteiger partial charge in [0.2, 0.25) is 0 Å². The van der Waals surface area contributed by atoms with Crippen molar-refractivity contribution in [3.8, 4) is 28.0 Å². The molecule has 1 saturated carbocycles. The molecule has 0 radical (unpaired) electrons. The maximum atomic E-state index is 9.49. The number of unbranched alkanes of at least 4 members (excludes halogenated alkanes) is 1. The molecule has 0 aliphatic heterocycles. The Kier molecular flexibility index (Phi) is 7.20. The molecule has 3 aromatic rings. The Balaban J connectivity index is 1.38. The Labute approximate surface area is 195 Å². The summed E-state index contributed by atoms with van der Waals surface area (Å²) in [5.41, 5.74) is 7.39. The Hall–Kier alpha value is -2.32. The van der Waals surface area contributed by atoms with Crippen molar-refractivity contribution in [3.05, 3.63) is 78.4 Å². The molecule has 0 atom stereocenters. The van der Waals surface area contributed by atoms with E-state index in [0.717, 1.165) is 17.0 Å². The van der Waals surface area contributed by atoms with Crippen LogP contribution in [0.5, 0.6) is 5.75 Å². The highest BCUT2D eigenvalue weighted by atomic mass is 28.3. The summed E-state index contributed by atoms with van der Waals surface area (Å²) < 4.78 is 0. The van der Waals surface area contributed by atoms with Crippen LogP contribution in [0.4, 0.5) is 0 Å².